The summed E-state index contributed by atoms with van der Waals surface area (Å²) >= 11 is 0. The molecule has 18 nitrogen and oxygen atoms in total. The maximum absolute atomic E-state index is 14.1. The van der Waals surface area contributed by atoms with Gasteiger partial charge in [0.1, 0.15) is 18.5 Å². The van der Waals surface area contributed by atoms with Crippen molar-refractivity contribution in [3.05, 3.63) is 95.5 Å². The van der Waals surface area contributed by atoms with Gasteiger partial charge in [-0.05, 0) is 84.0 Å². The number of benzene rings is 2. The van der Waals surface area contributed by atoms with E-state index < -0.39 is 5.91 Å². The number of piperazine rings is 2. The van der Waals surface area contributed by atoms with Gasteiger partial charge in [0.25, 0.3) is 11.8 Å². The van der Waals surface area contributed by atoms with Crippen LogP contribution in [0.1, 0.15) is 65.4 Å². The van der Waals surface area contributed by atoms with E-state index in [9.17, 15) is 9.59 Å². The Labute approximate surface area is 363 Å². The molecule has 7 aromatic rings. The Kier molecular flexibility index (Phi) is 11.2. The highest BCUT2D eigenvalue weighted by Gasteiger charge is 2.27. The van der Waals surface area contributed by atoms with Crippen molar-refractivity contribution in [1.82, 2.24) is 50.2 Å². The summed E-state index contributed by atoms with van der Waals surface area (Å²) in [5.74, 6) is -0.420. The second-order valence-corrected chi connectivity index (χ2v) is 16.7. The first-order chi connectivity index (χ1) is 30.4. The van der Waals surface area contributed by atoms with Crippen molar-refractivity contribution in [2.75, 3.05) is 53.7 Å². The van der Waals surface area contributed by atoms with Crippen LogP contribution in [0, 0.1) is 13.8 Å². The van der Waals surface area contributed by atoms with E-state index in [4.69, 9.17) is 14.5 Å². The number of amides is 2. The molecule has 2 aliphatic rings. The van der Waals surface area contributed by atoms with Crippen LogP contribution in [0.5, 0.6) is 12.0 Å². The van der Waals surface area contributed by atoms with Crippen LogP contribution in [0.3, 0.4) is 0 Å². The number of fused-ring (bicyclic) bond motifs is 3. The minimum absolute atomic E-state index is 0.0674. The average Bonchev–Trinajstić information content (AvgIpc) is 3.67. The smallest absolute Gasteiger partial charge is 0.317 e. The molecule has 63 heavy (non-hydrogen) atoms. The molecular formula is C45H50N14O4. The number of pyridine rings is 1. The van der Waals surface area contributed by atoms with Gasteiger partial charge in [0.05, 0.1) is 29.3 Å². The number of anilines is 4. The van der Waals surface area contributed by atoms with Crippen molar-refractivity contribution in [2.45, 2.75) is 72.3 Å². The molecule has 0 unspecified atom stereocenters. The molecule has 0 saturated carbocycles. The molecule has 2 aliphatic heterocycles. The van der Waals surface area contributed by atoms with Crippen LogP contribution < -0.4 is 40.5 Å². The highest BCUT2D eigenvalue weighted by atomic mass is 16.5. The van der Waals surface area contributed by atoms with E-state index in [1.165, 1.54) is 13.4 Å². The highest BCUT2D eigenvalue weighted by molar-refractivity contribution is 6.15. The van der Waals surface area contributed by atoms with Crippen LogP contribution >= 0.6 is 0 Å². The van der Waals surface area contributed by atoms with Crippen LogP contribution in [0.4, 0.5) is 22.9 Å². The third kappa shape index (κ3) is 8.59. The molecule has 4 N–H and O–H groups in total. The Morgan fingerprint density at radius 1 is 0.714 bits per heavy atom. The standard InChI is InChI=1S/C45H50N14O4/c1-24-12-31(13-25(2)50-24)53-42(60)32-8-10-37(58-19-28(5)52-29(6)20-58)35-16-47-45(55-40(32)35)63-22-30-14-38-41(48-23-49-59(38)21-30)56-43(61)33-9-11-36(57-17-26(3)51-27(4)18-57)34-15-46-44(62-7)54-39(33)34/h8-16,21,23,26-29,51-52H,17-20,22H2,1-7H3,(H,50,53,60)(H,48,49,56,61)/t26-,27+,28-,29+. The van der Waals surface area contributed by atoms with Crippen molar-refractivity contribution < 1.29 is 19.1 Å². The Hall–Kier alpha value is -7.05. The number of carbonyl (C=O) groups excluding carboxylic acids is 2. The predicted molar refractivity (Wildman–Crippen MR) is 241 cm³/mol. The molecule has 0 radical (unpaired) electrons. The van der Waals surface area contributed by atoms with Gasteiger partial charge < -0.3 is 40.5 Å². The molecule has 0 aliphatic carbocycles. The van der Waals surface area contributed by atoms with Gasteiger partial charge in [0.2, 0.25) is 0 Å². The highest BCUT2D eigenvalue weighted by Crippen LogP contribution is 2.33. The molecule has 5 aromatic heterocycles. The van der Waals surface area contributed by atoms with E-state index in [1.54, 1.807) is 29.2 Å². The summed E-state index contributed by atoms with van der Waals surface area (Å²) in [6, 6.07) is 14.4. The maximum Gasteiger partial charge on any atom is 0.317 e. The summed E-state index contributed by atoms with van der Waals surface area (Å²) in [5, 5.41) is 19.0. The minimum atomic E-state index is -0.406. The Bertz CT molecular complexity index is 2850. The first kappa shape index (κ1) is 41.3. The molecule has 2 saturated heterocycles. The lowest BCUT2D eigenvalue weighted by Gasteiger charge is -2.38. The second kappa shape index (κ2) is 17.0. The zero-order valence-electron chi connectivity index (χ0n) is 36.3. The Morgan fingerprint density at radius 3 is 1.83 bits per heavy atom. The zero-order valence-corrected chi connectivity index (χ0v) is 36.3. The Balaban J connectivity index is 0.984. The van der Waals surface area contributed by atoms with Crippen molar-refractivity contribution >= 4 is 62.0 Å². The van der Waals surface area contributed by atoms with Gasteiger partial charge in [0, 0.05) is 114 Å². The fourth-order valence-corrected chi connectivity index (χ4v) is 8.90. The van der Waals surface area contributed by atoms with Crippen molar-refractivity contribution in [3.8, 4) is 12.0 Å². The third-order valence-electron chi connectivity index (χ3n) is 11.3. The van der Waals surface area contributed by atoms with Crippen molar-refractivity contribution in [2.24, 2.45) is 0 Å². The molecule has 18 heteroatoms. The first-order valence-corrected chi connectivity index (χ1v) is 21.1. The van der Waals surface area contributed by atoms with Crippen LogP contribution in [0.25, 0.3) is 27.3 Å². The molecule has 2 fully saturated rings. The monoisotopic (exact) mass is 850 g/mol. The topological polar surface area (TPSA) is 202 Å². The molecule has 2 aromatic carbocycles. The summed E-state index contributed by atoms with van der Waals surface area (Å²) in [6.07, 6.45) is 6.59. The predicted octanol–water partition coefficient (Wildman–Crippen LogP) is 5.09. The van der Waals surface area contributed by atoms with Gasteiger partial charge in [-0.1, -0.05) is 0 Å². The fraction of sp³-hybridized carbons (Fsp3) is 0.356. The Morgan fingerprint density at radius 2 is 1.25 bits per heavy atom. The molecule has 324 valence electrons. The molecule has 0 bridgehead atoms. The summed E-state index contributed by atoms with van der Waals surface area (Å²) in [5.41, 5.74) is 7.06. The van der Waals surface area contributed by atoms with E-state index in [1.807, 2.05) is 50.2 Å². The molecule has 9 rings (SSSR count). The summed E-state index contributed by atoms with van der Waals surface area (Å²) < 4.78 is 13.2. The van der Waals surface area contributed by atoms with Crippen LogP contribution in [0.15, 0.2) is 67.4 Å². The lowest BCUT2D eigenvalue weighted by Crippen LogP contribution is -2.54. The number of aryl methyl sites for hydroxylation is 2. The normalized spacial score (nSPS) is 19.1. The first-order valence-electron chi connectivity index (χ1n) is 21.1. The summed E-state index contributed by atoms with van der Waals surface area (Å²) in [4.78, 5) is 59.9. The van der Waals surface area contributed by atoms with Crippen LogP contribution in [0.2, 0.25) is 0 Å². The molecular weight excluding hydrogens is 801 g/mol. The van der Waals surface area contributed by atoms with Gasteiger partial charge in [-0.15, -0.1) is 0 Å². The molecule has 2 amide bonds. The number of nitrogens with zero attached hydrogens (tertiary/aromatic N) is 10. The van der Waals surface area contributed by atoms with Gasteiger partial charge in [-0.25, -0.2) is 19.5 Å². The van der Waals surface area contributed by atoms with Crippen molar-refractivity contribution in [1.29, 1.82) is 0 Å². The van der Waals surface area contributed by atoms with Gasteiger partial charge in [0.15, 0.2) is 5.82 Å². The van der Waals surface area contributed by atoms with E-state index in [0.717, 1.165) is 65.3 Å². The maximum atomic E-state index is 14.1. The lowest BCUT2D eigenvalue weighted by molar-refractivity contribution is 0.102. The minimum Gasteiger partial charge on any atom is -0.467 e. The summed E-state index contributed by atoms with van der Waals surface area (Å²) in [6.45, 7) is 15.6. The van der Waals surface area contributed by atoms with Crippen molar-refractivity contribution in [3.63, 3.8) is 0 Å². The van der Waals surface area contributed by atoms with Gasteiger partial charge in [-0.3, -0.25) is 14.6 Å². The van der Waals surface area contributed by atoms with E-state index >= 15 is 0 Å². The lowest BCUT2D eigenvalue weighted by atomic mass is 10.0. The number of hydrogen-bond donors (Lipinski definition) is 4. The zero-order chi connectivity index (χ0) is 43.9. The number of hydrogen-bond acceptors (Lipinski definition) is 15. The van der Waals surface area contributed by atoms with Gasteiger partial charge in [-0.2, -0.15) is 15.1 Å². The number of methoxy groups -OCH3 is 1. The largest absolute Gasteiger partial charge is 0.467 e. The number of rotatable bonds is 10. The van der Waals surface area contributed by atoms with Crippen LogP contribution in [-0.2, 0) is 6.61 Å². The SMILES string of the molecule is COc1ncc2c(N3C[C@@H](C)N[C@@H](C)C3)ccc(C(=O)Nc3ncnn4cc(COc5ncc6c(N7C[C@@H](C)N[C@@H](C)C7)ccc(C(=O)Nc7cc(C)nc(C)c7)c6n5)cc34)c2n1. The molecule has 7 heterocycles. The molecule has 0 spiro atoms. The summed E-state index contributed by atoms with van der Waals surface area (Å²) in [7, 11) is 1.50. The van der Waals surface area contributed by atoms with Gasteiger partial charge >= 0.3 is 12.0 Å². The van der Waals surface area contributed by atoms with E-state index in [0.29, 0.717) is 39.2 Å². The number of nitrogens with one attached hydrogen (secondary N) is 4. The average molecular weight is 851 g/mol. The number of aromatic nitrogens is 8. The molecule has 4 atom stereocenters. The quantitative estimate of drug-likeness (QED) is 0.142. The number of ether oxygens (including phenoxy) is 2. The fourth-order valence-electron chi connectivity index (χ4n) is 8.90. The van der Waals surface area contributed by atoms with E-state index in [2.05, 4.69) is 88.8 Å². The number of carbonyl (C=O) groups is 2. The third-order valence-corrected chi connectivity index (χ3v) is 11.3. The second-order valence-electron chi connectivity index (χ2n) is 16.7. The van der Waals surface area contributed by atoms with Crippen LogP contribution in [-0.4, -0.2) is 109 Å². The van der Waals surface area contributed by atoms with E-state index in [-0.39, 0.29) is 48.7 Å².